The van der Waals surface area contributed by atoms with E-state index in [0.717, 1.165) is 23.6 Å². The Morgan fingerprint density at radius 1 is 0.906 bits per heavy atom. The van der Waals surface area contributed by atoms with E-state index in [-0.39, 0.29) is 18.1 Å². The topological polar surface area (TPSA) is 43.2 Å². The Morgan fingerprint density at radius 3 is 2.06 bits per heavy atom. The van der Waals surface area contributed by atoms with Crippen molar-refractivity contribution in [2.45, 2.75) is 39.5 Å². The van der Waals surface area contributed by atoms with Gasteiger partial charge in [0.15, 0.2) is 0 Å². The number of halogens is 6. The lowest BCUT2D eigenvalue weighted by molar-refractivity contribution is -0.143. The molecule has 0 amide bonds. The molecule has 0 aliphatic rings. The van der Waals surface area contributed by atoms with Crippen molar-refractivity contribution in [1.82, 2.24) is 0 Å². The highest BCUT2D eigenvalue weighted by molar-refractivity contribution is 5.99. The maximum atomic E-state index is 12.7. The molecule has 2 aromatic carbocycles. The van der Waals surface area contributed by atoms with Gasteiger partial charge in [0, 0.05) is 18.2 Å². The Bertz CT molecular complexity index is 950. The molecule has 4 nitrogen and oxygen atoms in total. The maximum absolute atomic E-state index is 12.7. The summed E-state index contributed by atoms with van der Waals surface area (Å²) in [4.78, 5) is 9.01. The minimum Gasteiger partial charge on any atom is -0.399 e. The lowest BCUT2D eigenvalue weighted by Gasteiger charge is -2.14. The van der Waals surface area contributed by atoms with E-state index in [4.69, 9.17) is 4.84 Å². The molecule has 0 aliphatic heterocycles. The molecule has 0 spiro atoms. The molecule has 0 atom stereocenters. The molecule has 0 bridgehead atoms. The summed E-state index contributed by atoms with van der Waals surface area (Å²) in [5.74, 6) is 0. The first-order chi connectivity index (χ1) is 14.8. The molecule has 0 N–H and O–H groups in total. The molecule has 32 heavy (non-hydrogen) atoms. The number of oxime groups is 2. The second kappa shape index (κ2) is 11.5. The largest absolute Gasteiger partial charge is 0.416 e. The van der Waals surface area contributed by atoms with Crippen LogP contribution in [0.5, 0.6) is 0 Å². The van der Waals surface area contributed by atoms with Gasteiger partial charge >= 0.3 is 12.4 Å². The fraction of sp³-hybridized carbons (Fsp3) is 0.364. The summed E-state index contributed by atoms with van der Waals surface area (Å²) in [7, 11) is 2.76. The summed E-state index contributed by atoms with van der Waals surface area (Å²) in [6.45, 7) is 6.11. The Labute approximate surface area is 182 Å². The van der Waals surface area contributed by atoms with Crippen LogP contribution in [0.2, 0.25) is 0 Å². The van der Waals surface area contributed by atoms with Crippen LogP contribution in [0.15, 0.2) is 46.7 Å². The number of nitrogens with zero attached hydrogens (tertiary/aromatic N) is 2. The zero-order valence-corrected chi connectivity index (χ0v) is 18.2. The van der Waals surface area contributed by atoms with Crippen LogP contribution in [-0.2, 0) is 28.4 Å². The Hall–Kier alpha value is -3.04. The summed E-state index contributed by atoms with van der Waals surface area (Å²) in [5.41, 5.74) is 1.59. The van der Waals surface area contributed by atoms with Crippen molar-refractivity contribution in [2.75, 3.05) is 14.2 Å². The van der Waals surface area contributed by atoms with Gasteiger partial charge in [0.2, 0.25) is 0 Å². The zero-order chi connectivity index (χ0) is 24.5. The van der Waals surface area contributed by atoms with Crippen molar-refractivity contribution >= 4 is 11.9 Å². The van der Waals surface area contributed by atoms with Gasteiger partial charge in [-0.1, -0.05) is 40.1 Å². The number of aryl methyl sites for hydroxylation is 2. The van der Waals surface area contributed by atoms with Gasteiger partial charge in [0.05, 0.1) is 16.8 Å². The quantitative estimate of drug-likeness (QED) is 0.286. The van der Waals surface area contributed by atoms with Crippen molar-refractivity contribution in [2.24, 2.45) is 10.3 Å². The van der Waals surface area contributed by atoms with Gasteiger partial charge in [0.25, 0.3) is 0 Å². The summed E-state index contributed by atoms with van der Waals surface area (Å²) >= 11 is 0. The summed E-state index contributed by atoms with van der Waals surface area (Å²) in [6, 6.07) is 7.78. The second-order valence-electron chi connectivity index (χ2n) is 6.72. The van der Waals surface area contributed by atoms with Crippen LogP contribution in [0.25, 0.3) is 0 Å². The number of rotatable bonds is 5. The molecule has 0 heterocycles. The van der Waals surface area contributed by atoms with Gasteiger partial charge in [-0.15, -0.1) is 0 Å². The zero-order valence-electron chi connectivity index (χ0n) is 18.2. The van der Waals surface area contributed by atoms with Crippen LogP contribution in [-0.4, -0.2) is 26.1 Å². The highest BCUT2D eigenvalue weighted by Gasteiger charge is 2.37. The van der Waals surface area contributed by atoms with Gasteiger partial charge in [-0.2, -0.15) is 26.3 Å². The van der Waals surface area contributed by atoms with Crippen LogP contribution < -0.4 is 0 Å². The molecule has 2 aromatic rings. The van der Waals surface area contributed by atoms with Gasteiger partial charge in [-0.05, 0) is 44.0 Å². The molecule has 0 radical (unpaired) electrons. The van der Waals surface area contributed by atoms with E-state index < -0.39 is 23.5 Å². The first kappa shape index (κ1) is 27.0. The summed E-state index contributed by atoms with van der Waals surface area (Å²) in [5, 5.41) is 7.15. The minimum atomic E-state index is -4.86. The molecular weight excluding hydrogens is 438 g/mol. The monoisotopic (exact) mass is 462 g/mol. The average Bonchev–Trinajstić information content (AvgIpc) is 2.67. The van der Waals surface area contributed by atoms with Crippen LogP contribution in [0.1, 0.15) is 40.3 Å². The van der Waals surface area contributed by atoms with Crippen molar-refractivity contribution < 1.29 is 36.0 Å². The van der Waals surface area contributed by atoms with Crippen molar-refractivity contribution in [3.05, 3.63) is 69.8 Å². The third-order valence-electron chi connectivity index (χ3n) is 4.23. The normalized spacial score (nSPS) is 12.4. The first-order valence-corrected chi connectivity index (χ1v) is 9.29. The van der Waals surface area contributed by atoms with Crippen molar-refractivity contribution in [3.63, 3.8) is 0 Å². The lowest BCUT2D eigenvalue weighted by atomic mass is 10.0. The number of benzene rings is 2. The first-order valence-electron chi connectivity index (χ1n) is 9.29. The smallest absolute Gasteiger partial charge is 0.399 e. The minimum absolute atomic E-state index is 0.0932. The SMILES string of the molecule is CON=C(C)c1ccc(C)cc1C.CON=CCc1ccc(C(F)(F)F)cc1C(F)(F)F. The van der Waals surface area contributed by atoms with E-state index >= 15 is 0 Å². The van der Waals surface area contributed by atoms with Crippen LogP contribution in [0.4, 0.5) is 26.3 Å². The van der Waals surface area contributed by atoms with Gasteiger partial charge in [0.1, 0.15) is 14.2 Å². The molecule has 0 saturated heterocycles. The van der Waals surface area contributed by atoms with E-state index in [1.165, 1.54) is 18.2 Å². The molecule has 0 aromatic heterocycles. The average molecular weight is 462 g/mol. The predicted octanol–water partition coefficient (Wildman–Crippen LogP) is 6.57. The fourth-order valence-electron chi connectivity index (χ4n) is 2.81. The van der Waals surface area contributed by atoms with E-state index in [0.29, 0.717) is 6.07 Å². The second-order valence-corrected chi connectivity index (χ2v) is 6.72. The lowest BCUT2D eigenvalue weighted by Crippen LogP contribution is -2.13. The number of alkyl halides is 6. The highest BCUT2D eigenvalue weighted by Crippen LogP contribution is 2.37. The third kappa shape index (κ3) is 8.24. The molecular formula is C22H24F6N2O2. The Balaban J connectivity index is 0.000000343. The van der Waals surface area contributed by atoms with E-state index in [9.17, 15) is 26.3 Å². The van der Waals surface area contributed by atoms with Gasteiger partial charge in [-0.25, -0.2) is 0 Å². The molecule has 10 heteroatoms. The summed E-state index contributed by atoms with van der Waals surface area (Å²) in [6.07, 6.45) is -8.92. The van der Waals surface area contributed by atoms with Crippen LogP contribution in [0, 0.1) is 13.8 Å². The molecule has 176 valence electrons. The third-order valence-corrected chi connectivity index (χ3v) is 4.23. The van der Waals surface area contributed by atoms with Gasteiger partial charge in [-0.3, -0.25) is 0 Å². The van der Waals surface area contributed by atoms with Crippen LogP contribution >= 0.6 is 0 Å². The highest BCUT2D eigenvalue weighted by atomic mass is 19.4. The number of hydrogen-bond donors (Lipinski definition) is 0. The summed E-state index contributed by atoms with van der Waals surface area (Å²) < 4.78 is 75.2. The van der Waals surface area contributed by atoms with E-state index in [1.807, 2.05) is 6.92 Å². The Kier molecular flexibility index (Phi) is 9.74. The van der Waals surface area contributed by atoms with E-state index in [2.05, 4.69) is 47.2 Å². The van der Waals surface area contributed by atoms with Gasteiger partial charge < -0.3 is 9.68 Å². The Morgan fingerprint density at radius 2 is 1.56 bits per heavy atom. The fourth-order valence-corrected chi connectivity index (χ4v) is 2.81. The molecule has 0 aliphatic carbocycles. The predicted molar refractivity (Wildman–Crippen MR) is 111 cm³/mol. The molecule has 0 unspecified atom stereocenters. The standard InChI is InChI=1S/C11H9F6NO.C11H15NO/c1-19-18-5-4-7-2-3-8(10(12,13)14)6-9(7)11(15,16)17;1-8-5-6-11(9(2)7-8)10(3)12-13-4/h2-3,5-6H,4H2,1H3;5-7H,1-4H3. The van der Waals surface area contributed by atoms with Crippen molar-refractivity contribution in [1.29, 1.82) is 0 Å². The maximum Gasteiger partial charge on any atom is 0.416 e. The number of hydrogen-bond acceptors (Lipinski definition) is 4. The molecule has 2 rings (SSSR count). The molecule has 0 fully saturated rings. The van der Waals surface area contributed by atoms with Crippen molar-refractivity contribution in [3.8, 4) is 0 Å². The van der Waals surface area contributed by atoms with Crippen LogP contribution in [0.3, 0.4) is 0 Å². The molecule has 0 saturated carbocycles. The van der Waals surface area contributed by atoms with E-state index in [1.54, 1.807) is 7.11 Å².